The van der Waals surface area contributed by atoms with Gasteiger partial charge in [-0.25, -0.2) is 8.42 Å². The monoisotopic (exact) mass is 538 g/mol. The number of aryl methyl sites for hydroxylation is 2. The zero-order valence-corrected chi connectivity index (χ0v) is 24.3. The molecule has 1 amide bonds. The molecule has 2 aliphatic rings. The summed E-state index contributed by atoms with van der Waals surface area (Å²) >= 11 is 0. The maximum atomic E-state index is 13.2. The number of benzene rings is 1. The van der Waals surface area contributed by atoms with Crippen LogP contribution in [0.1, 0.15) is 36.8 Å². The summed E-state index contributed by atoms with van der Waals surface area (Å²) in [6, 6.07) is 3.68. The quantitative estimate of drug-likeness (QED) is 0.400. The normalized spacial score (nSPS) is 21.8. The number of sulfonamides is 1. The van der Waals surface area contributed by atoms with Crippen LogP contribution in [0.2, 0.25) is 0 Å². The maximum Gasteiger partial charge on any atom is 0.248 e. The van der Waals surface area contributed by atoms with E-state index in [0.29, 0.717) is 22.8 Å². The van der Waals surface area contributed by atoms with Gasteiger partial charge in [-0.2, -0.15) is 4.31 Å². The van der Waals surface area contributed by atoms with Crippen molar-refractivity contribution in [1.29, 1.82) is 0 Å². The highest BCUT2D eigenvalue weighted by molar-refractivity contribution is 7.89. The first-order valence-electron chi connectivity index (χ1n) is 13.4. The Morgan fingerprint density at radius 2 is 1.68 bits per heavy atom. The average Bonchev–Trinajstić information content (AvgIpc) is 2.86. The molecule has 3 rings (SSSR count). The fourth-order valence-corrected chi connectivity index (χ4v) is 7.18. The molecule has 37 heavy (non-hydrogen) atoms. The third-order valence-electron chi connectivity index (χ3n) is 7.96. The van der Waals surface area contributed by atoms with Gasteiger partial charge in [-0.1, -0.05) is 12.8 Å². The molecule has 210 valence electrons. The summed E-state index contributed by atoms with van der Waals surface area (Å²) in [7, 11) is 3.48. The number of carbonyl (C=O) groups excluding carboxylic acids is 1. The second kappa shape index (κ2) is 13.4. The first kappa shape index (κ1) is 29.8. The number of nitrogens with zero attached hydrogens (tertiary/aromatic N) is 4. The molecule has 9 nitrogen and oxygen atoms in total. The van der Waals surface area contributed by atoms with Crippen LogP contribution in [0.4, 0.5) is 0 Å². The third-order valence-corrected chi connectivity index (χ3v) is 10.1. The second-order valence-corrected chi connectivity index (χ2v) is 12.7. The molecule has 1 saturated carbocycles. The highest BCUT2D eigenvalue weighted by Crippen LogP contribution is 2.30. The predicted molar refractivity (Wildman–Crippen MR) is 146 cm³/mol. The van der Waals surface area contributed by atoms with Crippen molar-refractivity contribution in [2.45, 2.75) is 50.5 Å². The van der Waals surface area contributed by atoms with E-state index in [-0.39, 0.29) is 36.6 Å². The summed E-state index contributed by atoms with van der Waals surface area (Å²) in [4.78, 5) is 20.0. The fraction of sp³-hybridized carbons (Fsp3) is 0.741. The van der Waals surface area contributed by atoms with E-state index in [0.717, 1.165) is 52.0 Å². The topological polar surface area (TPSA) is 82.6 Å². The molecule has 1 aliphatic heterocycles. The number of piperazine rings is 1. The van der Waals surface area contributed by atoms with E-state index < -0.39 is 10.0 Å². The number of likely N-dealkylation sites (N-methyl/N-ethyl adjacent to an activating group) is 3. The molecule has 0 spiro atoms. The Morgan fingerprint density at radius 1 is 1.05 bits per heavy atom. The standard InChI is InChI=1S/C27H46N4O5S/c1-21-17-24(35-6)18-22(2)27(21)37(33,34)29(4)15-16-36-20-26(32)30(5)25-10-8-7-9-23(25)19-31-13-11-28(3)12-14-31/h17-18,23,25H,7-16,19-20H2,1-6H3/t23-,25+/m1/s1. The first-order chi connectivity index (χ1) is 17.5. The SMILES string of the molecule is COc1cc(C)c(S(=O)(=O)N(C)CCOCC(=O)N(C)[C@H]2CCCC[C@@H]2CN2CCN(C)CC2)c(C)c1. The van der Waals surface area contributed by atoms with Gasteiger partial charge < -0.3 is 24.2 Å². The number of rotatable bonds is 11. The molecular weight excluding hydrogens is 492 g/mol. The van der Waals surface area contributed by atoms with Crippen LogP contribution in [0.25, 0.3) is 0 Å². The summed E-state index contributed by atoms with van der Waals surface area (Å²) < 4.78 is 38.6. The lowest BCUT2D eigenvalue weighted by atomic mass is 9.83. The van der Waals surface area contributed by atoms with E-state index in [9.17, 15) is 13.2 Å². The Kier molecular flexibility index (Phi) is 10.8. The van der Waals surface area contributed by atoms with Gasteiger partial charge in [-0.3, -0.25) is 4.79 Å². The van der Waals surface area contributed by atoms with Gasteiger partial charge in [0, 0.05) is 59.4 Å². The van der Waals surface area contributed by atoms with Crippen LogP contribution in [0.5, 0.6) is 5.75 Å². The smallest absolute Gasteiger partial charge is 0.248 e. The molecule has 0 N–H and O–H groups in total. The zero-order chi connectivity index (χ0) is 27.2. The van der Waals surface area contributed by atoms with Gasteiger partial charge >= 0.3 is 0 Å². The van der Waals surface area contributed by atoms with Gasteiger partial charge in [-0.05, 0) is 62.9 Å². The van der Waals surface area contributed by atoms with Crippen LogP contribution in [-0.2, 0) is 19.6 Å². The minimum absolute atomic E-state index is 0.0390. The van der Waals surface area contributed by atoms with Crippen LogP contribution >= 0.6 is 0 Å². The van der Waals surface area contributed by atoms with Gasteiger partial charge in [0.05, 0.1) is 18.6 Å². The predicted octanol–water partition coefficient (Wildman–Crippen LogP) is 2.21. The number of hydrogen-bond donors (Lipinski definition) is 0. The molecule has 1 saturated heterocycles. The van der Waals surface area contributed by atoms with Gasteiger partial charge in [0.1, 0.15) is 12.4 Å². The summed E-state index contributed by atoms with van der Waals surface area (Å²) in [6.45, 7) is 9.24. The van der Waals surface area contributed by atoms with Crippen LogP contribution in [0, 0.1) is 19.8 Å². The van der Waals surface area contributed by atoms with Crippen molar-refractivity contribution in [2.24, 2.45) is 5.92 Å². The van der Waals surface area contributed by atoms with Crippen molar-refractivity contribution in [3.05, 3.63) is 23.3 Å². The van der Waals surface area contributed by atoms with Gasteiger partial charge in [-0.15, -0.1) is 0 Å². The molecular formula is C27H46N4O5S. The largest absolute Gasteiger partial charge is 0.497 e. The number of amides is 1. The van der Waals surface area contributed by atoms with E-state index in [1.165, 1.54) is 10.7 Å². The van der Waals surface area contributed by atoms with Crippen molar-refractivity contribution in [3.8, 4) is 5.75 Å². The number of carbonyl (C=O) groups is 1. The van der Waals surface area contributed by atoms with Crippen molar-refractivity contribution >= 4 is 15.9 Å². The molecule has 0 radical (unpaired) electrons. The highest BCUT2D eigenvalue weighted by atomic mass is 32.2. The van der Waals surface area contributed by atoms with E-state index in [4.69, 9.17) is 9.47 Å². The molecule has 2 atom stereocenters. The van der Waals surface area contributed by atoms with E-state index in [1.807, 2.05) is 11.9 Å². The van der Waals surface area contributed by atoms with E-state index in [1.54, 1.807) is 40.1 Å². The second-order valence-electron chi connectivity index (χ2n) is 10.7. The molecule has 1 aromatic rings. The van der Waals surface area contributed by atoms with Crippen molar-refractivity contribution in [2.75, 3.05) is 80.7 Å². The van der Waals surface area contributed by atoms with E-state index in [2.05, 4.69) is 16.8 Å². The molecule has 2 fully saturated rings. The lowest BCUT2D eigenvalue weighted by molar-refractivity contribution is -0.139. The lowest BCUT2D eigenvalue weighted by Crippen LogP contribution is -2.51. The van der Waals surface area contributed by atoms with Crippen LogP contribution in [0.3, 0.4) is 0 Å². The fourth-order valence-electron chi connectivity index (χ4n) is 5.62. The van der Waals surface area contributed by atoms with E-state index >= 15 is 0 Å². The number of ether oxygens (including phenoxy) is 2. The third kappa shape index (κ3) is 7.66. The molecule has 10 heteroatoms. The Balaban J connectivity index is 1.49. The van der Waals surface area contributed by atoms with Crippen molar-refractivity contribution in [3.63, 3.8) is 0 Å². The van der Waals surface area contributed by atoms with Crippen LogP contribution in [0.15, 0.2) is 17.0 Å². The summed E-state index contributed by atoms with van der Waals surface area (Å²) in [5.74, 6) is 1.08. The minimum Gasteiger partial charge on any atom is -0.497 e. The van der Waals surface area contributed by atoms with Gasteiger partial charge in [0.15, 0.2) is 0 Å². The minimum atomic E-state index is -3.69. The molecule has 1 aromatic carbocycles. The van der Waals surface area contributed by atoms with Crippen LogP contribution in [-0.4, -0.2) is 120 Å². The van der Waals surface area contributed by atoms with Crippen molar-refractivity contribution in [1.82, 2.24) is 19.0 Å². The summed E-state index contributed by atoms with van der Waals surface area (Å²) in [5, 5.41) is 0. The molecule has 1 heterocycles. The van der Waals surface area contributed by atoms with Gasteiger partial charge in [0.2, 0.25) is 15.9 Å². The number of hydrogen-bond acceptors (Lipinski definition) is 7. The Bertz CT molecular complexity index is 987. The zero-order valence-electron chi connectivity index (χ0n) is 23.5. The van der Waals surface area contributed by atoms with Crippen molar-refractivity contribution < 1.29 is 22.7 Å². The molecule has 1 aliphatic carbocycles. The molecule has 0 aromatic heterocycles. The molecule has 0 unspecified atom stereocenters. The first-order valence-corrected chi connectivity index (χ1v) is 14.8. The maximum absolute atomic E-state index is 13.2. The number of methoxy groups -OCH3 is 1. The lowest BCUT2D eigenvalue weighted by Gasteiger charge is -2.42. The van der Waals surface area contributed by atoms with Crippen LogP contribution < -0.4 is 4.74 Å². The highest BCUT2D eigenvalue weighted by Gasteiger charge is 2.32. The Hall–Kier alpha value is -1.72. The Labute approximate surface area is 223 Å². The average molecular weight is 539 g/mol. The molecule has 0 bridgehead atoms. The summed E-state index contributed by atoms with van der Waals surface area (Å²) in [6.07, 6.45) is 4.56. The summed E-state index contributed by atoms with van der Waals surface area (Å²) in [5.41, 5.74) is 1.28. The Morgan fingerprint density at radius 3 is 2.30 bits per heavy atom. The van der Waals surface area contributed by atoms with Gasteiger partial charge in [0.25, 0.3) is 0 Å².